The smallest absolute Gasteiger partial charge is 0.350 e. The highest BCUT2D eigenvalue weighted by atomic mass is 35.5. The second-order valence-electron chi connectivity index (χ2n) is 4.94. The van der Waals surface area contributed by atoms with Crippen LogP contribution in [-0.2, 0) is 6.18 Å². The summed E-state index contributed by atoms with van der Waals surface area (Å²) in [5.41, 5.74) is -0.708. The van der Waals surface area contributed by atoms with Gasteiger partial charge in [-0.3, -0.25) is 0 Å². The molecule has 1 atom stereocenters. The highest BCUT2D eigenvalue weighted by Gasteiger charge is 2.33. The zero-order valence-corrected chi connectivity index (χ0v) is 13.2. The molecule has 0 aliphatic heterocycles. The number of nitrogens with one attached hydrogen (secondary N) is 2. The van der Waals surface area contributed by atoms with Gasteiger partial charge in [-0.2, -0.15) is 23.3 Å². The fourth-order valence-electron chi connectivity index (χ4n) is 1.72. The summed E-state index contributed by atoms with van der Waals surface area (Å²) < 4.78 is 38.6. The average Bonchev–Trinajstić information content (AvgIpc) is 2.48. The van der Waals surface area contributed by atoms with Gasteiger partial charge in [-0.1, -0.05) is 18.5 Å². The Labute approximate surface area is 136 Å². The van der Waals surface area contributed by atoms with Gasteiger partial charge in [-0.05, 0) is 31.5 Å². The average molecular weight is 346 g/mol. The summed E-state index contributed by atoms with van der Waals surface area (Å²) >= 11 is 5.59. The van der Waals surface area contributed by atoms with E-state index in [0.29, 0.717) is 5.95 Å². The summed E-state index contributed by atoms with van der Waals surface area (Å²) in [5, 5.41) is 13.0. The zero-order valence-electron chi connectivity index (χ0n) is 12.4. The van der Waals surface area contributed by atoms with Crippen molar-refractivity contribution < 1.29 is 13.2 Å². The fraction of sp³-hybridized carbons (Fsp3) is 0.357. The number of hydrogen-bond donors (Lipinski definition) is 2. The van der Waals surface area contributed by atoms with Gasteiger partial charge in [-0.25, -0.2) is 0 Å². The van der Waals surface area contributed by atoms with Crippen LogP contribution in [0.5, 0.6) is 0 Å². The van der Waals surface area contributed by atoms with Crippen LogP contribution in [0, 0.1) is 0 Å². The first-order valence-electron chi connectivity index (χ1n) is 6.89. The van der Waals surface area contributed by atoms with Gasteiger partial charge in [0, 0.05) is 11.7 Å². The molecule has 9 heteroatoms. The standard InChI is InChI=1S/C14H15ClF3N5/c1-3-8(2)20-13-22-12(7-19-23-13)21-9-4-5-11(15)10(6-9)14(16,17)18/h4-8H,3H2,1-2H3,(H2,20,21,22,23). The van der Waals surface area contributed by atoms with E-state index >= 15 is 0 Å². The first-order valence-corrected chi connectivity index (χ1v) is 7.27. The summed E-state index contributed by atoms with van der Waals surface area (Å²) in [4.78, 5) is 4.16. The van der Waals surface area contributed by atoms with Crippen molar-refractivity contribution in [3.8, 4) is 0 Å². The Kier molecular flexibility index (Phi) is 5.25. The maximum Gasteiger partial charge on any atom is 0.417 e. The largest absolute Gasteiger partial charge is 0.417 e. The first kappa shape index (κ1) is 17.3. The van der Waals surface area contributed by atoms with E-state index in [0.717, 1.165) is 12.5 Å². The number of benzene rings is 1. The van der Waals surface area contributed by atoms with Gasteiger partial charge < -0.3 is 10.6 Å². The van der Waals surface area contributed by atoms with E-state index in [4.69, 9.17) is 11.6 Å². The van der Waals surface area contributed by atoms with Crippen LogP contribution in [0.4, 0.5) is 30.6 Å². The van der Waals surface area contributed by atoms with Crippen LogP contribution >= 0.6 is 11.6 Å². The topological polar surface area (TPSA) is 62.7 Å². The second-order valence-corrected chi connectivity index (χ2v) is 5.34. The number of alkyl halides is 3. The molecule has 0 saturated heterocycles. The quantitative estimate of drug-likeness (QED) is 0.835. The van der Waals surface area contributed by atoms with E-state index in [2.05, 4.69) is 25.8 Å². The van der Waals surface area contributed by atoms with Crippen molar-refractivity contribution in [2.45, 2.75) is 32.5 Å². The maximum atomic E-state index is 12.9. The van der Waals surface area contributed by atoms with Gasteiger partial charge in [0.05, 0.1) is 16.8 Å². The first-order chi connectivity index (χ1) is 10.8. The van der Waals surface area contributed by atoms with E-state index in [9.17, 15) is 13.2 Å². The molecule has 1 heterocycles. The van der Waals surface area contributed by atoms with E-state index in [1.165, 1.54) is 18.3 Å². The molecule has 5 nitrogen and oxygen atoms in total. The van der Waals surface area contributed by atoms with Gasteiger partial charge in [0.25, 0.3) is 0 Å². The SMILES string of the molecule is CCC(C)Nc1nncc(Nc2ccc(Cl)c(C(F)(F)F)c2)n1. The lowest BCUT2D eigenvalue weighted by molar-refractivity contribution is -0.137. The fourth-order valence-corrected chi connectivity index (χ4v) is 1.94. The molecular formula is C14H15ClF3N5. The minimum atomic E-state index is -4.53. The molecule has 0 spiro atoms. The van der Waals surface area contributed by atoms with Crippen LogP contribution in [-0.4, -0.2) is 21.2 Å². The predicted molar refractivity (Wildman–Crippen MR) is 82.9 cm³/mol. The minimum Gasteiger partial charge on any atom is -0.350 e. The number of aromatic nitrogens is 3. The molecule has 124 valence electrons. The molecule has 0 aliphatic carbocycles. The van der Waals surface area contributed by atoms with Crippen molar-refractivity contribution in [1.29, 1.82) is 0 Å². The summed E-state index contributed by atoms with van der Waals surface area (Å²) in [7, 11) is 0. The summed E-state index contributed by atoms with van der Waals surface area (Å²) in [5.74, 6) is 0.579. The Morgan fingerprint density at radius 1 is 1.30 bits per heavy atom. The Morgan fingerprint density at radius 2 is 2.04 bits per heavy atom. The van der Waals surface area contributed by atoms with Crippen LogP contribution in [0.15, 0.2) is 24.4 Å². The third-order valence-electron chi connectivity index (χ3n) is 3.09. The molecule has 0 saturated carbocycles. The normalized spacial score (nSPS) is 12.8. The lowest BCUT2D eigenvalue weighted by atomic mass is 10.2. The molecule has 2 rings (SSSR count). The molecule has 2 N–H and O–H groups in total. The molecule has 0 amide bonds. The molecule has 23 heavy (non-hydrogen) atoms. The molecular weight excluding hydrogens is 331 g/mol. The molecule has 1 unspecified atom stereocenters. The van der Waals surface area contributed by atoms with Crippen LogP contribution in [0.1, 0.15) is 25.8 Å². The number of rotatable bonds is 5. The molecule has 0 aliphatic rings. The Morgan fingerprint density at radius 3 is 2.70 bits per heavy atom. The van der Waals surface area contributed by atoms with Gasteiger partial charge in [0.15, 0.2) is 5.82 Å². The summed E-state index contributed by atoms with van der Waals surface area (Å²) in [6.07, 6.45) is -2.33. The highest BCUT2D eigenvalue weighted by Crippen LogP contribution is 2.36. The maximum absolute atomic E-state index is 12.9. The van der Waals surface area contributed by atoms with Gasteiger partial charge in [0.1, 0.15) is 0 Å². The van der Waals surface area contributed by atoms with Crippen LogP contribution < -0.4 is 10.6 Å². The van der Waals surface area contributed by atoms with Crippen molar-refractivity contribution in [1.82, 2.24) is 15.2 Å². The Balaban J connectivity index is 2.21. The van der Waals surface area contributed by atoms with Gasteiger partial charge >= 0.3 is 6.18 Å². The molecule has 1 aromatic heterocycles. The summed E-state index contributed by atoms with van der Waals surface area (Å²) in [6, 6.07) is 3.69. The van der Waals surface area contributed by atoms with Crippen LogP contribution in [0.25, 0.3) is 0 Å². The highest BCUT2D eigenvalue weighted by molar-refractivity contribution is 6.31. The molecule has 0 bridgehead atoms. The van der Waals surface area contributed by atoms with E-state index in [-0.39, 0.29) is 22.6 Å². The number of anilines is 3. The van der Waals surface area contributed by atoms with Crippen molar-refractivity contribution in [2.75, 3.05) is 10.6 Å². The van der Waals surface area contributed by atoms with Crippen LogP contribution in [0.2, 0.25) is 5.02 Å². The third-order valence-corrected chi connectivity index (χ3v) is 3.42. The third kappa shape index (κ3) is 4.69. The van der Waals surface area contributed by atoms with Gasteiger partial charge in [0.2, 0.25) is 5.95 Å². The summed E-state index contributed by atoms with van der Waals surface area (Å²) in [6.45, 7) is 3.96. The van der Waals surface area contributed by atoms with Gasteiger partial charge in [-0.15, -0.1) is 5.10 Å². The van der Waals surface area contributed by atoms with Crippen LogP contribution in [0.3, 0.4) is 0 Å². The Bertz CT molecular complexity index is 678. The van der Waals surface area contributed by atoms with Crippen molar-refractivity contribution >= 4 is 29.1 Å². The molecule has 2 aromatic rings. The monoisotopic (exact) mass is 345 g/mol. The van der Waals surface area contributed by atoms with Crippen molar-refractivity contribution in [2.24, 2.45) is 0 Å². The molecule has 0 radical (unpaired) electrons. The zero-order chi connectivity index (χ0) is 17.0. The van der Waals surface area contributed by atoms with E-state index in [1.807, 2.05) is 13.8 Å². The van der Waals surface area contributed by atoms with Crippen molar-refractivity contribution in [3.63, 3.8) is 0 Å². The van der Waals surface area contributed by atoms with E-state index in [1.54, 1.807) is 0 Å². The second kappa shape index (κ2) is 6.99. The minimum absolute atomic E-state index is 0.152. The lowest BCUT2D eigenvalue weighted by Crippen LogP contribution is -2.16. The number of nitrogens with zero attached hydrogens (tertiary/aromatic N) is 3. The predicted octanol–water partition coefficient (Wildman–Crippen LogP) is 4.50. The Hall–Kier alpha value is -2.09. The number of halogens is 4. The van der Waals surface area contributed by atoms with E-state index < -0.39 is 11.7 Å². The molecule has 0 fully saturated rings. The number of hydrogen-bond acceptors (Lipinski definition) is 5. The van der Waals surface area contributed by atoms with Crippen molar-refractivity contribution in [3.05, 3.63) is 35.0 Å². The lowest BCUT2D eigenvalue weighted by Gasteiger charge is -2.13. The molecule has 1 aromatic carbocycles.